The highest BCUT2D eigenvalue weighted by atomic mass is 32.2. The van der Waals surface area contributed by atoms with Gasteiger partial charge in [0.05, 0.1) is 26.9 Å². The van der Waals surface area contributed by atoms with Crippen LogP contribution in [0.15, 0.2) is 51.9 Å². The van der Waals surface area contributed by atoms with Gasteiger partial charge in [0, 0.05) is 23.0 Å². The van der Waals surface area contributed by atoms with Crippen LogP contribution in [0.2, 0.25) is 0 Å². The van der Waals surface area contributed by atoms with Gasteiger partial charge in [0.1, 0.15) is 0 Å². The molecule has 0 saturated carbocycles. The largest absolute Gasteiger partial charge is 0.414 e. The van der Waals surface area contributed by atoms with Crippen molar-refractivity contribution >= 4 is 27.0 Å². The second-order valence-electron chi connectivity index (χ2n) is 8.32. The topological polar surface area (TPSA) is 137 Å². The highest BCUT2D eigenvalue weighted by Crippen LogP contribution is 2.31. The summed E-state index contributed by atoms with van der Waals surface area (Å²) < 4.78 is 30.6. The van der Waals surface area contributed by atoms with E-state index in [0.717, 1.165) is 16.3 Å². The minimum absolute atomic E-state index is 0.158. The lowest BCUT2D eigenvalue weighted by Crippen LogP contribution is -2.21. The summed E-state index contributed by atoms with van der Waals surface area (Å²) in [5, 5.41) is 11.2. The minimum Gasteiger partial charge on any atom is -0.414 e. The second kappa shape index (κ2) is 9.61. The van der Waals surface area contributed by atoms with Crippen molar-refractivity contribution in [1.82, 2.24) is 25.5 Å². The second-order valence-corrected chi connectivity index (χ2v) is 12.0. The van der Waals surface area contributed by atoms with Crippen LogP contribution in [0.4, 0.5) is 5.82 Å². The van der Waals surface area contributed by atoms with Gasteiger partial charge in [0.15, 0.2) is 21.3 Å². The Morgan fingerprint density at radius 3 is 2.41 bits per heavy atom. The van der Waals surface area contributed by atoms with Gasteiger partial charge >= 0.3 is 0 Å². The summed E-state index contributed by atoms with van der Waals surface area (Å²) in [6.45, 7) is 8.26. The van der Waals surface area contributed by atoms with Crippen LogP contribution in [-0.2, 0) is 16.4 Å². The van der Waals surface area contributed by atoms with Gasteiger partial charge in [-0.25, -0.2) is 18.4 Å². The van der Waals surface area contributed by atoms with Crippen molar-refractivity contribution < 1.29 is 12.8 Å². The molecule has 3 heterocycles. The smallest absolute Gasteiger partial charge is 0.270 e. The molecular formula is C23H26N6O3S2. The van der Waals surface area contributed by atoms with E-state index in [1.807, 2.05) is 12.1 Å². The number of benzene rings is 1. The zero-order valence-electron chi connectivity index (χ0n) is 19.3. The standard InChI is InChI=1S/C23H26N6O3S2/c1-13(2)25-11-16-7-10-19(33-16)22-28-29-23(32-22)20-21(24)26-12-18(27-20)15-5-8-17(9-6-15)34(30,31)14(3)4/h5-10,12-14,25H,11H2,1-4H3,(H2,24,26). The molecule has 0 aliphatic heterocycles. The number of nitrogens with one attached hydrogen (secondary N) is 1. The molecule has 3 N–H and O–H groups in total. The maximum absolute atomic E-state index is 12.4. The monoisotopic (exact) mass is 498 g/mol. The fraction of sp³-hybridized carbons (Fsp3) is 0.304. The number of thiophene rings is 1. The molecule has 0 aliphatic carbocycles. The van der Waals surface area contributed by atoms with Gasteiger partial charge in [0.2, 0.25) is 0 Å². The molecule has 4 aromatic rings. The molecule has 0 unspecified atom stereocenters. The lowest BCUT2D eigenvalue weighted by molar-refractivity contribution is 0.583. The van der Waals surface area contributed by atoms with Gasteiger partial charge in [-0.2, -0.15) is 0 Å². The average Bonchev–Trinajstić information content (AvgIpc) is 3.48. The van der Waals surface area contributed by atoms with Gasteiger partial charge in [-0.3, -0.25) is 0 Å². The molecular weight excluding hydrogens is 472 g/mol. The Balaban J connectivity index is 1.60. The van der Waals surface area contributed by atoms with E-state index in [1.165, 1.54) is 6.20 Å². The summed E-state index contributed by atoms with van der Waals surface area (Å²) in [6, 6.07) is 10.9. The van der Waals surface area contributed by atoms with Crippen molar-refractivity contribution in [2.45, 2.75) is 50.4 Å². The van der Waals surface area contributed by atoms with Crippen LogP contribution < -0.4 is 11.1 Å². The summed E-state index contributed by atoms with van der Waals surface area (Å²) >= 11 is 1.57. The molecule has 0 saturated heterocycles. The molecule has 178 valence electrons. The van der Waals surface area contributed by atoms with Gasteiger partial charge in [-0.1, -0.05) is 26.0 Å². The quantitative estimate of drug-likeness (QED) is 0.366. The zero-order chi connectivity index (χ0) is 24.5. The van der Waals surface area contributed by atoms with E-state index >= 15 is 0 Å². The zero-order valence-corrected chi connectivity index (χ0v) is 20.9. The van der Waals surface area contributed by atoms with E-state index in [1.54, 1.807) is 49.4 Å². The average molecular weight is 499 g/mol. The first kappa shape index (κ1) is 24.0. The predicted molar refractivity (Wildman–Crippen MR) is 133 cm³/mol. The van der Waals surface area contributed by atoms with Crippen LogP contribution in [0.3, 0.4) is 0 Å². The molecule has 0 radical (unpaired) electrons. The summed E-state index contributed by atoms with van der Waals surface area (Å²) in [6.07, 6.45) is 1.52. The van der Waals surface area contributed by atoms with Crippen molar-refractivity contribution in [2.24, 2.45) is 0 Å². The molecule has 3 aromatic heterocycles. The molecule has 0 fully saturated rings. The van der Waals surface area contributed by atoms with E-state index in [9.17, 15) is 8.42 Å². The number of nitrogens with two attached hydrogens (primary N) is 1. The normalized spacial score (nSPS) is 12.1. The Bertz CT molecular complexity index is 1390. The molecule has 0 spiro atoms. The fourth-order valence-corrected chi connectivity index (χ4v) is 5.03. The van der Waals surface area contributed by atoms with Gasteiger partial charge in [-0.15, -0.1) is 21.5 Å². The van der Waals surface area contributed by atoms with Gasteiger partial charge < -0.3 is 15.5 Å². The van der Waals surface area contributed by atoms with Crippen molar-refractivity contribution in [3.05, 3.63) is 47.5 Å². The molecule has 0 amide bonds. The molecule has 34 heavy (non-hydrogen) atoms. The first-order valence-corrected chi connectivity index (χ1v) is 13.1. The third-order valence-electron chi connectivity index (χ3n) is 5.08. The molecule has 11 heteroatoms. The predicted octanol–water partition coefficient (Wildman–Crippen LogP) is 4.18. The first-order valence-electron chi connectivity index (χ1n) is 10.8. The minimum atomic E-state index is -3.36. The molecule has 0 atom stereocenters. The van der Waals surface area contributed by atoms with Crippen molar-refractivity contribution in [3.63, 3.8) is 0 Å². The first-order chi connectivity index (χ1) is 16.1. The number of anilines is 1. The highest BCUT2D eigenvalue weighted by molar-refractivity contribution is 7.92. The van der Waals surface area contributed by atoms with E-state index < -0.39 is 15.1 Å². The van der Waals surface area contributed by atoms with Crippen molar-refractivity contribution in [1.29, 1.82) is 0 Å². The Labute approximate surface area is 202 Å². The number of nitrogens with zero attached hydrogens (tertiary/aromatic N) is 4. The maximum Gasteiger partial charge on any atom is 0.270 e. The lowest BCUT2D eigenvalue weighted by Gasteiger charge is -2.09. The summed E-state index contributed by atoms with van der Waals surface area (Å²) in [7, 11) is -3.36. The summed E-state index contributed by atoms with van der Waals surface area (Å²) in [4.78, 5) is 11.1. The fourth-order valence-electron chi connectivity index (χ4n) is 3.09. The summed E-state index contributed by atoms with van der Waals surface area (Å²) in [5.41, 5.74) is 7.52. The highest BCUT2D eigenvalue weighted by Gasteiger charge is 2.20. The molecule has 4 rings (SSSR count). The van der Waals surface area contributed by atoms with Crippen LogP contribution in [0.25, 0.3) is 33.6 Å². The molecule has 1 aromatic carbocycles. The number of hydrogen-bond acceptors (Lipinski definition) is 10. The van der Waals surface area contributed by atoms with Crippen LogP contribution in [0.5, 0.6) is 0 Å². The third kappa shape index (κ3) is 5.01. The van der Waals surface area contributed by atoms with Crippen LogP contribution in [-0.4, -0.2) is 39.9 Å². The number of sulfone groups is 1. The van der Waals surface area contributed by atoms with Crippen LogP contribution >= 0.6 is 11.3 Å². The molecule has 0 aliphatic rings. The Morgan fingerprint density at radius 2 is 1.74 bits per heavy atom. The maximum atomic E-state index is 12.4. The van der Waals surface area contributed by atoms with E-state index in [2.05, 4.69) is 39.3 Å². The Kier molecular flexibility index (Phi) is 6.78. The van der Waals surface area contributed by atoms with Gasteiger partial charge in [0.25, 0.3) is 11.8 Å². The Hall–Kier alpha value is -3.15. The van der Waals surface area contributed by atoms with E-state index in [0.29, 0.717) is 23.2 Å². The SMILES string of the molecule is CC(C)NCc1ccc(-c2nnc(-c3nc(-c4ccc(S(=O)(=O)C(C)C)cc4)cnc3N)o2)s1. The van der Waals surface area contributed by atoms with Crippen LogP contribution in [0.1, 0.15) is 32.6 Å². The van der Waals surface area contributed by atoms with Crippen molar-refractivity contribution in [3.8, 4) is 33.6 Å². The van der Waals surface area contributed by atoms with E-state index in [-0.39, 0.29) is 22.3 Å². The number of nitrogen functional groups attached to an aromatic ring is 1. The lowest BCUT2D eigenvalue weighted by atomic mass is 10.1. The number of hydrogen-bond donors (Lipinski definition) is 2. The van der Waals surface area contributed by atoms with Crippen molar-refractivity contribution in [2.75, 3.05) is 5.73 Å². The number of aromatic nitrogens is 4. The van der Waals surface area contributed by atoms with Crippen LogP contribution in [0, 0.1) is 0 Å². The molecule has 9 nitrogen and oxygen atoms in total. The summed E-state index contributed by atoms with van der Waals surface area (Å²) in [5.74, 6) is 0.702. The van der Waals surface area contributed by atoms with Gasteiger partial charge in [-0.05, 0) is 38.1 Å². The Morgan fingerprint density at radius 1 is 1.03 bits per heavy atom. The van der Waals surface area contributed by atoms with E-state index in [4.69, 9.17) is 10.2 Å². The number of rotatable bonds is 8. The molecule has 0 bridgehead atoms. The third-order valence-corrected chi connectivity index (χ3v) is 8.33.